The van der Waals surface area contributed by atoms with Crippen LogP contribution in [0.3, 0.4) is 0 Å². The van der Waals surface area contributed by atoms with E-state index >= 15 is 0 Å². The number of primary amides is 1. The molecule has 0 bridgehead atoms. The zero-order valence-corrected chi connectivity index (χ0v) is 13.2. The summed E-state index contributed by atoms with van der Waals surface area (Å²) in [5.41, 5.74) is 6.91. The van der Waals surface area contributed by atoms with Crippen LogP contribution in [-0.2, 0) is 10.0 Å². The van der Waals surface area contributed by atoms with Crippen LogP contribution in [0.25, 0.3) is 0 Å². The Morgan fingerprint density at radius 3 is 2.52 bits per heavy atom. The van der Waals surface area contributed by atoms with Gasteiger partial charge in [0, 0.05) is 26.2 Å². The molecule has 21 heavy (non-hydrogen) atoms. The highest BCUT2D eigenvalue weighted by Crippen LogP contribution is 2.22. The van der Waals surface area contributed by atoms with Crippen LogP contribution < -0.4 is 5.73 Å². The van der Waals surface area contributed by atoms with Crippen molar-refractivity contribution in [3.05, 3.63) is 29.3 Å². The van der Waals surface area contributed by atoms with Gasteiger partial charge in [0.25, 0.3) is 0 Å². The molecule has 7 heteroatoms. The largest absolute Gasteiger partial charge is 0.351 e. The van der Waals surface area contributed by atoms with E-state index in [9.17, 15) is 13.2 Å². The lowest BCUT2D eigenvalue weighted by Gasteiger charge is -2.22. The quantitative estimate of drug-likeness (QED) is 0.887. The fourth-order valence-electron chi connectivity index (χ4n) is 2.48. The highest BCUT2D eigenvalue weighted by Gasteiger charge is 2.28. The van der Waals surface area contributed by atoms with E-state index in [1.54, 1.807) is 13.0 Å². The summed E-state index contributed by atoms with van der Waals surface area (Å²) in [6.07, 6.45) is 0.590. The van der Waals surface area contributed by atoms with Crippen molar-refractivity contribution in [1.29, 1.82) is 0 Å². The average Bonchev–Trinajstić information content (AvgIpc) is 2.67. The molecule has 116 valence electrons. The van der Waals surface area contributed by atoms with E-state index < -0.39 is 16.1 Å². The molecule has 1 aromatic rings. The Morgan fingerprint density at radius 1 is 1.14 bits per heavy atom. The number of nitrogens with two attached hydrogens (primary N) is 1. The number of benzene rings is 1. The third-order valence-electron chi connectivity index (χ3n) is 3.73. The van der Waals surface area contributed by atoms with Gasteiger partial charge in [-0.1, -0.05) is 12.1 Å². The van der Waals surface area contributed by atoms with Crippen molar-refractivity contribution in [2.75, 3.05) is 26.2 Å². The van der Waals surface area contributed by atoms with Gasteiger partial charge in [0.1, 0.15) is 0 Å². The zero-order valence-electron chi connectivity index (χ0n) is 12.4. The Labute approximate surface area is 125 Å². The van der Waals surface area contributed by atoms with E-state index in [1.165, 1.54) is 9.21 Å². The minimum Gasteiger partial charge on any atom is -0.351 e. The molecule has 2 rings (SSSR count). The lowest BCUT2D eigenvalue weighted by molar-refractivity contribution is 0.210. The Balaban J connectivity index is 2.27. The molecule has 2 N–H and O–H groups in total. The molecule has 6 nitrogen and oxygen atoms in total. The van der Waals surface area contributed by atoms with Gasteiger partial charge in [0.05, 0.1) is 4.90 Å². The first kappa shape index (κ1) is 15.8. The summed E-state index contributed by atoms with van der Waals surface area (Å²) in [5.74, 6) is 0. The number of carbonyl (C=O) groups excluding carboxylic acids is 1. The third kappa shape index (κ3) is 3.36. The first-order chi connectivity index (χ1) is 9.82. The SMILES string of the molecule is Cc1ccc(C)c(S(=O)(=O)N2CCCN(C(N)=O)CC2)c1. The molecule has 1 aromatic carbocycles. The molecule has 0 aliphatic carbocycles. The first-order valence-corrected chi connectivity index (χ1v) is 8.38. The Hall–Kier alpha value is -1.60. The van der Waals surface area contributed by atoms with E-state index in [0.29, 0.717) is 31.0 Å². The average molecular weight is 311 g/mol. The lowest BCUT2D eigenvalue weighted by Crippen LogP contribution is -2.39. The first-order valence-electron chi connectivity index (χ1n) is 6.94. The summed E-state index contributed by atoms with van der Waals surface area (Å²) in [6, 6.07) is 4.91. The maximum Gasteiger partial charge on any atom is 0.314 e. The second kappa shape index (κ2) is 6.03. The minimum atomic E-state index is -3.53. The molecular weight excluding hydrogens is 290 g/mol. The number of sulfonamides is 1. The Kier molecular flexibility index (Phi) is 4.53. The van der Waals surface area contributed by atoms with E-state index in [4.69, 9.17) is 5.73 Å². The Bertz CT molecular complexity index is 643. The lowest BCUT2D eigenvalue weighted by atomic mass is 10.2. The number of hydrogen-bond donors (Lipinski definition) is 1. The maximum atomic E-state index is 12.8. The molecule has 1 aliphatic heterocycles. The summed E-state index contributed by atoms with van der Waals surface area (Å²) >= 11 is 0. The van der Waals surface area contributed by atoms with Gasteiger partial charge in [-0.15, -0.1) is 0 Å². The van der Waals surface area contributed by atoms with E-state index in [2.05, 4.69) is 0 Å². The second-order valence-corrected chi connectivity index (χ2v) is 7.26. The number of nitrogens with zero attached hydrogens (tertiary/aromatic N) is 2. The van der Waals surface area contributed by atoms with Gasteiger partial charge in [-0.2, -0.15) is 4.31 Å². The topological polar surface area (TPSA) is 83.7 Å². The van der Waals surface area contributed by atoms with Crippen molar-refractivity contribution in [2.45, 2.75) is 25.2 Å². The van der Waals surface area contributed by atoms with Crippen LogP contribution in [0, 0.1) is 13.8 Å². The van der Waals surface area contributed by atoms with E-state index in [0.717, 1.165) is 11.1 Å². The van der Waals surface area contributed by atoms with Crippen molar-refractivity contribution in [3.8, 4) is 0 Å². The number of hydrogen-bond acceptors (Lipinski definition) is 3. The minimum absolute atomic E-state index is 0.276. The molecule has 1 heterocycles. The van der Waals surface area contributed by atoms with Crippen LogP contribution in [0.4, 0.5) is 4.79 Å². The molecule has 0 atom stereocenters. The van der Waals surface area contributed by atoms with Crippen molar-refractivity contribution in [3.63, 3.8) is 0 Å². The highest BCUT2D eigenvalue weighted by molar-refractivity contribution is 7.89. The van der Waals surface area contributed by atoms with Gasteiger partial charge in [-0.05, 0) is 37.5 Å². The van der Waals surface area contributed by atoms with Crippen LogP contribution in [0.15, 0.2) is 23.1 Å². The predicted octanol–water partition coefficient (Wildman–Crippen LogP) is 1.08. The third-order valence-corrected chi connectivity index (χ3v) is 5.77. The number of aryl methyl sites for hydroxylation is 2. The summed E-state index contributed by atoms with van der Waals surface area (Å²) in [5, 5.41) is 0. The Morgan fingerprint density at radius 2 is 1.86 bits per heavy atom. The van der Waals surface area contributed by atoms with Gasteiger partial charge < -0.3 is 10.6 Å². The second-order valence-electron chi connectivity index (χ2n) is 5.35. The van der Waals surface area contributed by atoms with Crippen LogP contribution in [0.2, 0.25) is 0 Å². The van der Waals surface area contributed by atoms with E-state index in [1.807, 2.05) is 19.1 Å². The van der Waals surface area contributed by atoms with Gasteiger partial charge in [-0.25, -0.2) is 13.2 Å². The van der Waals surface area contributed by atoms with Crippen LogP contribution in [0.5, 0.6) is 0 Å². The number of rotatable bonds is 2. The van der Waals surface area contributed by atoms with Crippen molar-refractivity contribution in [2.24, 2.45) is 5.73 Å². The molecule has 1 aliphatic rings. The smallest absolute Gasteiger partial charge is 0.314 e. The van der Waals surface area contributed by atoms with Crippen LogP contribution in [0.1, 0.15) is 17.5 Å². The summed E-state index contributed by atoms with van der Waals surface area (Å²) in [7, 11) is -3.53. The number of amides is 2. The summed E-state index contributed by atoms with van der Waals surface area (Å²) in [6.45, 7) is 5.17. The molecular formula is C14H21N3O3S. The van der Waals surface area contributed by atoms with Crippen molar-refractivity contribution >= 4 is 16.1 Å². The van der Waals surface area contributed by atoms with Gasteiger partial charge >= 0.3 is 6.03 Å². The fraction of sp³-hybridized carbons (Fsp3) is 0.500. The molecule has 0 unspecified atom stereocenters. The van der Waals surface area contributed by atoms with E-state index in [-0.39, 0.29) is 6.54 Å². The van der Waals surface area contributed by atoms with Crippen LogP contribution in [-0.4, -0.2) is 49.8 Å². The van der Waals surface area contributed by atoms with Crippen molar-refractivity contribution in [1.82, 2.24) is 9.21 Å². The highest BCUT2D eigenvalue weighted by atomic mass is 32.2. The standard InChI is InChI=1S/C14H21N3O3S/c1-11-4-5-12(2)13(10-11)21(19,20)17-7-3-6-16(8-9-17)14(15)18/h4-5,10H,3,6-9H2,1-2H3,(H2,15,18). The fourth-order valence-corrected chi connectivity index (χ4v) is 4.26. The predicted molar refractivity (Wildman–Crippen MR) is 80.4 cm³/mol. The van der Waals surface area contributed by atoms with Gasteiger partial charge in [0.2, 0.25) is 10.0 Å². The molecule has 0 saturated carbocycles. The number of carbonyl (C=O) groups is 1. The summed E-state index contributed by atoms with van der Waals surface area (Å²) < 4.78 is 27.0. The van der Waals surface area contributed by atoms with Gasteiger partial charge in [-0.3, -0.25) is 0 Å². The summed E-state index contributed by atoms with van der Waals surface area (Å²) in [4.78, 5) is 13.0. The normalized spacial score (nSPS) is 17.5. The molecule has 2 amide bonds. The molecule has 0 spiro atoms. The van der Waals surface area contributed by atoms with Gasteiger partial charge in [0.15, 0.2) is 0 Å². The number of urea groups is 1. The molecule has 1 fully saturated rings. The maximum absolute atomic E-state index is 12.8. The monoisotopic (exact) mass is 311 g/mol. The molecule has 1 saturated heterocycles. The van der Waals surface area contributed by atoms with Crippen molar-refractivity contribution < 1.29 is 13.2 Å². The molecule has 0 aromatic heterocycles. The zero-order chi connectivity index (χ0) is 15.6. The molecule has 0 radical (unpaired) electrons. The van der Waals surface area contributed by atoms with Crippen LogP contribution >= 0.6 is 0 Å².